The number of rotatable bonds is 6. The third-order valence-electron chi connectivity index (χ3n) is 4.96. The molecule has 2 amide bonds. The van der Waals surface area contributed by atoms with E-state index in [9.17, 15) is 14.0 Å². The van der Waals surface area contributed by atoms with E-state index in [1.165, 1.54) is 6.07 Å². The first kappa shape index (κ1) is 19.9. The normalized spacial score (nSPS) is 15.2. The highest BCUT2D eigenvalue weighted by molar-refractivity contribution is 5.80. The van der Waals surface area contributed by atoms with Gasteiger partial charge < -0.3 is 14.5 Å². The molecule has 28 heavy (non-hydrogen) atoms. The molecule has 3 rings (SSSR count). The van der Waals surface area contributed by atoms with Crippen LogP contribution in [-0.4, -0.2) is 54.4 Å². The highest BCUT2D eigenvalue weighted by atomic mass is 19.1. The Morgan fingerprint density at radius 2 is 1.57 bits per heavy atom. The lowest BCUT2D eigenvalue weighted by atomic mass is 9.99. The molecule has 1 atom stereocenters. The molecule has 0 bridgehead atoms. The van der Waals surface area contributed by atoms with Crippen LogP contribution in [0.5, 0.6) is 5.75 Å². The van der Waals surface area contributed by atoms with Crippen LogP contribution in [0, 0.1) is 11.7 Å². The van der Waals surface area contributed by atoms with E-state index in [1.807, 2.05) is 25.1 Å². The van der Waals surface area contributed by atoms with Crippen LogP contribution in [0.2, 0.25) is 0 Å². The fourth-order valence-electron chi connectivity index (χ4n) is 3.32. The lowest BCUT2D eigenvalue weighted by Gasteiger charge is -2.36. The summed E-state index contributed by atoms with van der Waals surface area (Å²) in [6.45, 7) is 3.74. The Bertz CT molecular complexity index is 804. The van der Waals surface area contributed by atoms with Gasteiger partial charge in [-0.2, -0.15) is 0 Å². The Kier molecular flexibility index (Phi) is 6.63. The third kappa shape index (κ3) is 5.09. The zero-order chi connectivity index (χ0) is 19.9. The van der Waals surface area contributed by atoms with Crippen LogP contribution in [0.4, 0.5) is 4.39 Å². The molecule has 1 heterocycles. The summed E-state index contributed by atoms with van der Waals surface area (Å²) < 4.78 is 19.3. The van der Waals surface area contributed by atoms with E-state index in [4.69, 9.17) is 4.74 Å². The van der Waals surface area contributed by atoms with Gasteiger partial charge in [0.2, 0.25) is 5.91 Å². The molecular formula is C22H25FN2O3. The molecule has 2 aromatic rings. The van der Waals surface area contributed by atoms with Crippen molar-refractivity contribution in [3.05, 3.63) is 66.0 Å². The van der Waals surface area contributed by atoms with Gasteiger partial charge in [0, 0.05) is 32.1 Å². The van der Waals surface area contributed by atoms with E-state index in [-0.39, 0.29) is 30.2 Å². The molecule has 5 nitrogen and oxygen atoms in total. The second kappa shape index (κ2) is 9.35. The number of nitrogens with zero attached hydrogens (tertiary/aromatic N) is 2. The molecule has 2 aromatic carbocycles. The summed E-state index contributed by atoms with van der Waals surface area (Å²) in [5, 5.41) is 0. The van der Waals surface area contributed by atoms with E-state index in [0.717, 1.165) is 0 Å². The maximum absolute atomic E-state index is 13.8. The van der Waals surface area contributed by atoms with Crippen LogP contribution in [0.15, 0.2) is 54.6 Å². The standard InChI is InChI=1S/C22H25FN2O3/c1-17(15-18-7-5-6-10-20(18)23)22(27)25-13-11-24(12-14-25)21(26)16-28-19-8-3-2-4-9-19/h2-10,17H,11-16H2,1H3. The van der Waals surface area contributed by atoms with Gasteiger partial charge >= 0.3 is 0 Å². The first-order valence-electron chi connectivity index (χ1n) is 9.52. The summed E-state index contributed by atoms with van der Waals surface area (Å²) in [5.74, 6) is -0.0191. The predicted octanol–water partition coefficient (Wildman–Crippen LogP) is 2.75. The second-order valence-electron chi connectivity index (χ2n) is 7.00. The first-order chi connectivity index (χ1) is 13.5. The van der Waals surface area contributed by atoms with Crippen LogP contribution in [0.25, 0.3) is 0 Å². The van der Waals surface area contributed by atoms with Crippen LogP contribution in [0.3, 0.4) is 0 Å². The largest absolute Gasteiger partial charge is 0.484 e. The highest BCUT2D eigenvalue weighted by Crippen LogP contribution is 2.16. The number of benzene rings is 2. The van der Waals surface area contributed by atoms with Crippen molar-refractivity contribution in [2.45, 2.75) is 13.3 Å². The van der Waals surface area contributed by atoms with E-state index in [0.29, 0.717) is 43.9 Å². The Morgan fingerprint density at radius 3 is 2.25 bits per heavy atom. The molecule has 0 spiro atoms. The van der Waals surface area contributed by atoms with Crippen molar-refractivity contribution in [1.82, 2.24) is 9.80 Å². The quantitative estimate of drug-likeness (QED) is 0.770. The fraction of sp³-hybridized carbons (Fsp3) is 0.364. The van der Waals surface area contributed by atoms with Crippen molar-refractivity contribution in [3.8, 4) is 5.75 Å². The van der Waals surface area contributed by atoms with Crippen molar-refractivity contribution in [2.24, 2.45) is 5.92 Å². The van der Waals surface area contributed by atoms with Gasteiger partial charge in [0.25, 0.3) is 5.91 Å². The topological polar surface area (TPSA) is 49.9 Å². The Morgan fingerprint density at radius 1 is 0.964 bits per heavy atom. The molecule has 1 saturated heterocycles. The molecule has 148 valence electrons. The molecule has 1 aliphatic rings. The fourth-order valence-corrected chi connectivity index (χ4v) is 3.32. The number of carbonyl (C=O) groups excluding carboxylic acids is 2. The summed E-state index contributed by atoms with van der Waals surface area (Å²) in [6.07, 6.45) is 0.371. The van der Waals surface area contributed by atoms with Gasteiger partial charge in [0.1, 0.15) is 11.6 Å². The third-order valence-corrected chi connectivity index (χ3v) is 4.96. The van der Waals surface area contributed by atoms with Gasteiger partial charge in [0.15, 0.2) is 6.61 Å². The molecule has 0 N–H and O–H groups in total. The average Bonchev–Trinajstić information content (AvgIpc) is 2.74. The zero-order valence-electron chi connectivity index (χ0n) is 16.0. The summed E-state index contributed by atoms with van der Waals surface area (Å²) >= 11 is 0. The average molecular weight is 384 g/mol. The minimum absolute atomic E-state index is 0.00381. The molecule has 1 fully saturated rings. The van der Waals surface area contributed by atoms with Crippen LogP contribution in [-0.2, 0) is 16.0 Å². The van der Waals surface area contributed by atoms with E-state index in [2.05, 4.69) is 0 Å². The number of hydrogen-bond donors (Lipinski definition) is 0. The zero-order valence-corrected chi connectivity index (χ0v) is 16.0. The van der Waals surface area contributed by atoms with Crippen LogP contribution >= 0.6 is 0 Å². The van der Waals surface area contributed by atoms with Gasteiger partial charge in [0.05, 0.1) is 0 Å². The molecule has 0 saturated carbocycles. The van der Waals surface area contributed by atoms with Crippen molar-refractivity contribution < 1.29 is 18.7 Å². The van der Waals surface area contributed by atoms with E-state index < -0.39 is 0 Å². The van der Waals surface area contributed by atoms with Gasteiger partial charge in [-0.25, -0.2) is 4.39 Å². The monoisotopic (exact) mass is 384 g/mol. The number of hydrogen-bond acceptors (Lipinski definition) is 3. The Balaban J connectivity index is 1.45. The molecule has 0 aliphatic carbocycles. The lowest BCUT2D eigenvalue weighted by molar-refractivity contribution is -0.142. The van der Waals surface area contributed by atoms with Gasteiger partial charge in [-0.05, 0) is 30.2 Å². The molecule has 0 radical (unpaired) electrons. The predicted molar refractivity (Wildman–Crippen MR) is 104 cm³/mol. The highest BCUT2D eigenvalue weighted by Gasteiger charge is 2.27. The number of ether oxygens (including phenoxy) is 1. The summed E-state index contributed by atoms with van der Waals surface area (Å²) in [6, 6.07) is 15.7. The lowest BCUT2D eigenvalue weighted by Crippen LogP contribution is -2.52. The number of carbonyl (C=O) groups is 2. The molecular weight excluding hydrogens is 359 g/mol. The summed E-state index contributed by atoms with van der Waals surface area (Å²) in [7, 11) is 0. The SMILES string of the molecule is CC(Cc1ccccc1F)C(=O)N1CCN(C(=O)COc2ccccc2)CC1. The minimum atomic E-state index is -0.305. The van der Waals surface area contributed by atoms with Crippen molar-refractivity contribution >= 4 is 11.8 Å². The van der Waals surface area contributed by atoms with Gasteiger partial charge in [-0.3, -0.25) is 9.59 Å². The summed E-state index contributed by atoms with van der Waals surface area (Å²) in [4.78, 5) is 28.5. The molecule has 6 heteroatoms. The van der Waals surface area contributed by atoms with E-state index >= 15 is 0 Å². The van der Waals surface area contributed by atoms with Crippen molar-refractivity contribution in [1.29, 1.82) is 0 Å². The van der Waals surface area contributed by atoms with Crippen molar-refractivity contribution in [2.75, 3.05) is 32.8 Å². The maximum Gasteiger partial charge on any atom is 0.260 e. The smallest absolute Gasteiger partial charge is 0.260 e. The number of para-hydroxylation sites is 1. The Hall–Kier alpha value is -2.89. The second-order valence-corrected chi connectivity index (χ2v) is 7.00. The summed E-state index contributed by atoms with van der Waals surface area (Å²) in [5.41, 5.74) is 0.551. The molecule has 1 unspecified atom stereocenters. The van der Waals surface area contributed by atoms with Gasteiger partial charge in [-0.1, -0.05) is 43.3 Å². The van der Waals surface area contributed by atoms with Crippen LogP contribution < -0.4 is 4.74 Å². The number of halogens is 1. The number of piperazine rings is 1. The Labute approximate surface area is 164 Å². The maximum atomic E-state index is 13.8. The van der Waals surface area contributed by atoms with Crippen molar-refractivity contribution in [3.63, 3.8) is 0 Å². The van der Waals surface area contributed by atoms with Crippen LogP contribution in [0.1, 0.15) is 12.5 Å². The molecule has 1 aliphatic heterocycles. The minimum Gasteiger partial charge on any atom is -0.484 e. The number of amides is 2. The van der Waals surface area contributed by atoms with Gasteiger partial charge in [-0.15, -0.1) is 0 Å². The molecule has 0 aromatic heterocycles. The van der Waals surface area contributed by atoms with E-state index in [1.54, 1.807) is 40.1 Å². The first-order valence-corrected chi connectivity index (χ1v) is 9.52.